The van der Waals surface area contributed by atoms with Gasteiger partial charge in [0.1, 0.15) is 10.3 Å². The Labute approximate surface area is 425 Å². The van der Waals surface area contributed by atoms with Crippen molar-refractivity contribution in [3.8, 4) is 11.8 Å². The zero-order valence-electron chi connectivity index (χ0n) is 37.5. The van der Waals surface area contributed by atoms with Crippen LogP contribution >= 0.6 is 15.8 Å². The van der Waals surface area contributed by atoms with Gasteiger partial charge in [-0.2, -0.15) is 0 Å². The molecule has 0 bridgehead atoms. The van der Waals surface area contributed by atoms with E-state index in [1.54, 1.807) is 0 Å². The van der Waals surface area contributed by atoms with Crippen LogP contribution in [0.25, 0.3) is 43.1 Å². The van der Waals surface area contributed by atoms with Gasteiger partial charge in [-0.25, -0.2) is 0 Å². The average molecular weight is 1250 g/mol. The summed E-state index contributed by atoms with van der Waals surface area (Å²) in [5.74, 6) is 5.13. The minimum absolute atomic E-state index is 0. The van der Waals surface area contributed by atoms with Crippen molar-refractivity contribution >= 4 is 80.2 Å². The van der Waals surface area contributed by atoms with Crippen LogP contribution < -0.4 is 21.2 Å². The molecule has 10 aromatic rings. The molecule has 66 heavy (non-hydrogen) atoms. The van der Waals surface area contributed by atoms with E-state index in [4.69, 9.17) is 12.8 Å². The quantitative estimate of drug-likeness (QED) is 0.0490. The summed E-state index contributed by atoms with van der Waals surface area (Å²) in [5, 5.41) is 15.2. The van der Waals surface area contributed by atoms with E-state index in [1.807, 2.05) is 72.8 Å². The van der Waals surface area contributed by atoms with Crippen LogP contribution in [0.5, 0.6) is 0 Å². The van der Waals surface area contributed by atoms with E-state index in [-0.39, 0.29) is 55.1 Å². The Kier molecular flexibility index (Phi) is 17.4. The number of hydrogen-bond acceptors (Lipinski definition) is 0. The third-order valence-electron chi connectivity index (χ3n) is 12.9. The summed E-state index contributed by atoms with van der Waals surface area (Å²) in [6.07, 6.45) is 14.9. The molecule has 0 aromatic heterocycles. The monoisotopic (exact) mass is 1250 g/mol. The molecule has 10 rings (SSSR count). The SMILES string of the molecule is CC(C)([PH+](c1ccccc1)c1ccccc1)C(C)(C)[PH+](c1ccccc1)c1ccccc1.[Au+].[Au+].[C-]#Cc1c2ccccc2cc2ccccc12.[C-]#Cc1c2ccccc2cc2ccccc12. The van der Waals surface area contributed by atoms with E-state index in [2.05, 4.69) is 197 Å². The molecule has 0 aliphatic heterocycles. The number of hydrogen-bond donors (Lipinski definition) is 0. The molecule has 10 aromatic carbocycles. The molecule has 330 valence electrons. The topological polar surface area (TPSA) is 0 Å². The molecule has 0 heterocycles. The molecule has 0 nitrogen and oxygen atoms in total. The largest absolute Gasteiger partial charge is 1.00 e. The van der Waals surface area contributed by atoms with Gasteiger partial charge in [0.25, 0.3) is 0 Å². The normalized spacial score (nSPS) is 11.0. The van der Waals surface area contributed by atoms with Crippen molar-refractivity contribution in [3.05, 3.63) is 254 Å². The Morgan fingerprint density at radius 3 is 0.712 bits per heavy atom. The van der Waals surface area contributed by atoms with Crippen molar-refractivity contribution in [1.82, 2.24) is 0 Å². The summed E-state index contributed by atoms with van der Waals surface area (Å²) in [4.78, 5) is 0. The van der Waals surface area contributed by atoms with E-state index >= 15 is 0 Å². The average Bonchev–Trinajstić information content (AvgIpc) is 3.34. The van der Waals surface area contributed by atoms with Crippen LogP contribution in [-0.2, 0) is 44.8 Å². The Hall–Kier alpha value is -5.30. The van der Waals surface area contributed by atoms with Crippen LogP contribution in [0, 0.1) is 24.7 Å². The second-order valence-corrected chi connectivity index (χ2v) is 23.4. The van der Waals surface area contributed by atoms with E-state index in [9.17, 15) is 0 Å². The number of fused-ring (bicyclic) bond motifs is 4. The van der Waals surface area contributed by atoms with E-state index < -0.39 is 15.8 Å². The first-order valence-corrected chi connectivity index (χ1v) is 24.9. The molecule has 0 saturated heterocycles. The third kappa shape index (κ3) is 10.6. The fourth-order valence-electron chi connectivity index (χ4n) is 9.12. The second kappa shape index (κ2) is 22.9. The van der Waals surface area contributed by atoms with E-state index in [1.165, 1.54) is 21.2 Å². The van der Waals surface area contributed by atoms with Crippen molar-refractivity contribution in [2.75, 3.05) is 0 Å². The van der Waals surface area contributed by atoms with Crippen LogP contribution in [0.15, 0.2) is 231 Å². The first-order valence-electron chi connectivity index (χ1n) is 21.9. The van der Waals surface area contributed by atoms with E-state index in [0.717, 1.165) is 54.2 Å². The summed E-state index contributed by atoms with van der Waals surface area (Å²) in [6, 6.07) is 81.7. The molecule has 0 fully saturated rings. The second-order valence-electron chi connectivity index (χ2n) is 17.1. The third-order valence-corrected chi connectivity index (χ3v) is 20.5. The maximum absolute atomic E-state index is 7.46. The van der Waals surface area contributed by atoms with Crippen molar-refractivity contribution in [2.45, 2.75) is 38.0 Å². The molecular formula is C62H52Au2P2+2. The van der Waals surface area contributed by atoms with Gasteiger partial charge in [0.2, 0.25) is 0 Å². The molecule has 0 saturated carbocycles. The standard InChI is InChI=1S/C30H32P2.2C16H9.2Au/c1-29(2,31(25-17-9-5-10-18-25)26-19-11-6-12-20-26)30(3,4)32(27-21-13-7-14-22-27)28-23-15-8-16-24-28;2*1-2-14-15-9-5-3-7-12(15)11-13-8-4-6-10-16(13)14;;/h5-24H,1-4H3;2*3-11H;;/q;2*-1;2*+1/p+2. The van der Waals surface area contributed by atoms with Crippen LogP contribution in [0.4, 0.5) is 0 Å². The Morgan fingerprint density at radius 1 is 0.303 bits per heavy atom. The molecular weight excluding hydrogens is 1200 g/mol. The van der Waals surface area contributed by atoms with Gasteiger partial charge in [0, 0.05) is 0 Å². The van der Waals surface area contributed by atoms with Crippen LogP contribution in [0.1, 0.15) is 38.8 Å². The maximum atomic E-state index is 7.46. The fraction of sp³-hybridized carbons (Fsp3) is 0.0968. The molecule has 0 amide bonds. The van der Waals surface area contributed by atoms with Crippen molar-refractivity contribution < 1.29 is 44.8 Å². The van der Waals surface area contributed by atoms with Crippen molar-refractivity contribution in [2.24, 2.45) is 0 Å². The van der Waals surface area contributed by atoms with Crippen LogP contribution in [-0.4, -0.2) is 10.3 Å². The summed E-state index contributed by atoms with van der Waals surface area (Å²) < 4.78 is 0. The summed E-state index contributed by atoms with van der Waals surface area (Å²) in [7, 11) is -2.13. The fourth-order valence-corrected chi connectivity index (χ4v) is 16.8. The first-order chi connectivity index (χ1) is 31.2. The van der Waals surface area contributed by atoms with E-state index in [0.29, 0.717) is 0 Å². The first kappa shape index (κ1) is 50.1. The molecule has 0 aliphatic rings. The van der Waals surface area contributed by atoms with Gasteiger partial charge in [-0.1, -0.05) is 191 Å². The Bertz CT molecular complexity index is 2830. The van der Waals surface area contributed by atoms with Gasteiger partial charge in [0.05, 0.1) is 37.1 Å². The van der Waals surface area contributed by atoms with Crippen LogP contribution in [0.2, 0.25) is 0 Å². The molecule has 0 unspecified atom stereocenters. The van der Waals surface area contributed by atoms with Gasteiger partial charge >= 0.3 is 44.8 Å². The minimum atomic E-state index is -1.07. The van der Waals surface area contributed by atoms with Crippen molar-refractivity contribution in [3.63, 3.8) is 0 Å². The number of rotatable bonds is 7. The van der Waals surface area contributed by atoms with Gasteiger partial charge < -0.3 is 12.8 Å². The summed E-state index contributed by atoms with van der Waals surface area (Å²) in [6.45, 7) is 10.1. The smallest absolute Gasteiger partial charge is 0.366 e. The zero-order valence-corrected chi connectivity index (χ0v) is 43.9. The van der Waals surface area contributed by atoms with Gasteiger partial charge in [-0.3, -0.25) is 11.8 Å². The molecule has 0 aliphatic carbocycles. The predicted molar refractivity (Wildman–Crippen MR) is 284 cm³/mol. The molecule has 0 atom stereocenters. The molecule has 0 N–H and O–H groups in total. The molecule has 4 heteroatoms. The number of benzene rings is 10. The predicted octanol–water partition coefficient (Wildman–Crippen LogP) is 14.1. The summed E-state index contributed by atoms with van der Waals surface area (Å²) in [5.41, 5.74) is 1.77. The zero-order chi connectivity index (χ0) is 44.5. The molecule has 0 radical (unpaired) electrons. The Balaban J connectivity index is 0.000000177. The minimum Gasteiger partial charge on any atom is -0.366 e. The van der Waals surface area contributed by atoms with Gasteiger partial charge in [-0.15, -0.1) is 11.1 Å². The summed E-state index contributed by atoms with van der Waals surface area (Å²) >= 11 is 0. The van der Waals surface area contributed by atoms with Crippen LogP contribution in [0.3, 0.4) is 0 Å². The van der Waals surface area contributed by atoms with Gasteiger partial charge in [-0.05, 0) is 110 Å². The Morgan fingerprint density at radius 2 is 0.500 bits per heavy atom. The van der Waals surface area contributed by atoms with Crippen molar-refractivity contribution in [1.29, 1.82) is 0 Å². The van der Waals surface area contributed by atoms with Gasteiger partial charge in [0.15, 0.2) is 0 Å². The maximum Gasteiger partial charge on any atom is 1.00 e. The molecule has 0 spiro atoms.